The van der Waals surface area contributed by atoms with Crippen LogP contribution in [0.3, 0.4) is 0 Å². The highest BCUT2D eigenvalue weighted by atomic mass is 16.2. The molecule has 3 rings (SSSR count). The molecule has 0 aromatic heterocycles. The fourth-order valence-electron chi connectivity index (χ4n) is 2.73. The smallest absolute Gasteiger partial charge is 0.250 e. The minimum absolute atomic E-state index is 0.185. The number of rotatable bonds is 2. The van der Waals surface area contributed by atoms with Crippen molar-refractivity contribution in [1.29, 1.82) is 0 Å². The second-order valence-corrected chi connectivity index (χ2v) is 5.12. The number of carbonyl (C=O) groups is 2. The lowest BCUT2D eigenvalue weighted by Crippen LogP contribution is -2.34. The minimum atomic E-state index is -0.185. The molecule has 4 nitrogen and oxygen atoms in total. The monoisotopic (exact) mass is 292 g/mol. The van der Waals surface area contributed by atoms with Gasteiger partial charge in [0, 0.05) is 0 Å². The van der Waals surface area contributed by atoms with E-state index in [1.54, 1.807) is 9.80 Å². The molecule has 1 aliphatic rings. The van der Waals surface area contributed by atoms with Crippen molar-refractivity contribution in [2.45, 2.75) is 13.1 Å². The summed E-state index contributed by atoms with van der Waals surface area (Å²) in [6.07, 6.45) is 2.10. The van der Waals surface area contributed by atoms with E-state index in [1.807, 2.05) is 48.5 Å². The highest BCUT2D eigenvalue weighted by molar-refractivity contribution is 6.04. The molecule has 0 saturated carbocycles. The van der Waals surface area contributed by atoms with Gasteiger partial charge in [-0.25, -0.2) is 0 Å². The van der Waals surface area contributed by atoms with Gasteiger partial charge in [0.2, 0.25) is 6.41 Å². The zero-order chi connectivity index (χ0) is 15.5. The molecular formula is C18H16N2O2. The summed E-state index contributed by atoms with van der Waals surface area (Å²) in [5.74, 6) is -0.185. The molecule has 0 radical (unpaired) electrons. The van der Waals surface area contributed by atoms with Crippen LogP contribution in [0.4, 0.5) is 11.4 Å². The van der Waals surface area contributed by atoms with Crippen LogP contribution in [0.5, 0.6) is 0 Å². The molecular weight excluding hydrogens is 276 g/mol. The van der Waals surface area contributed by atoms with Crippen LogP contribution < -0.4 is 9.80 Å². The molecule has 1 heterocycles. The first-order chi connectivity index (χ1) is 10.7. The highest BCUT2D eigenvalue weighted by Gasteiger charge is 2.24. The highest BCUT2D eigenvalue weighted by Crippen LogP contribution is 2.34. The first kappa shape index (κ1) is 14.1. The lowest BCUT2D eigenvalue weighted by Gasteiger charge is -2.31. The topological polar surface area (TPSA) is 40.6 Å². The Bertz CT molecular complexity index is 739. The van der Waals surface area contributed by atoms with Crippen molar-refractivity contribution >= 4 is 23.7 Å². The van der Waals surface area contributed by atoms with Gasteiger partial charge in [0.25, 0.3) is 5.91 Å². The van der Waals surface area contributed by atoms with Crippen molar-refractivity contribution in [2.75, 3.05) is 9.80 Å². The van der Waals surface area contributed by atoms with Gasteiger partial charge < -0.3 is 9.80 Å². The van der Waals surface area contributed by atoms with E-state index < -0.39 is 0 Å². The number of benzene rings is 2. The van der Waals surface area contributed by atoms with Crippen molar-refractivity contribution in [1.82, 2.24) is 0 Å². The molecule has 2 amide bonds. The molecule has 22 heavy (non-hydrogen) atoms. The molecule has 0 fully saturated rings. The van der Waals surface area contributed by atoms with Gasteiger partial charge in [0.1, 0.15) is 0 Å². The third-order valence-electron chi connectivity index (χ3n) is 3.84. The first-order valence-electron chi connectivity index (χ1n) is 7.06. The lowest BCUT2D eigenvalue weighted by molar-refractivity contribution is -0.114. The standard InChI is InChI=1S/C18H16N2O2/c1-2-18(22)20-12-15-8-4-3-7-14(15)11-19(13-21)16-9-5-6-10-17(16)20/h2-10,13H,1,11-12H2. The molecule has 0 N–H and O–H groups in total. The number of carbonyl (C=O) groups excluding carboxylic acids is 2. The molecule has 1 aliphatic heterocycles. The Balaban J connectivity index is 2.19. The van der Waals surface area contributed by atoms with E-state index in [-0.39, 0.29) is 5.91 Å². The zero-order valence-corrected chi connectivity index (χ0v) is 12.1. The Morgan fingerprint density at radius 1 is 0.955 bits per heavy atom. The first-order valence-corrected chi connectivity index (χ1v) is 7.06. The predicted molar refractivity (Wildman–Crippen MR) is 86.5 cm³/mol. The van der Waals surface area contributed by atoms with Crippen LogP contribution in [0.1, 0.15) is 11.1 Å². The third-order valence-corrected chi connectivity index (χ3v) is 3.84. The van der Waals surface area contributed by atoms with Crippen LogP contribution in [-0.2, 0) is 22.7 Å². The van der Waals surface area contributed by atoms with Crippen molar-refractivity contribution in [3.63, 3.8) is 0 Å². The molecule has 2 aromatic carbocycles. The van der Waals surface area contributed by atoms with E-state index in [4.69, 9.17) is 0 Å². The van der Waals surface area contributed by atoms with Gasteiger partial charge in [0.05, 0.1) is 24.5 Å². The zero-order valence-electron chi connectivity index (χ0n) is 12.1. The maximum Gasteiger partial charge on any atom is 0.250 e. The molecule has 110 valence electrons. The van der Waals surface area contributed by atoms with Gasteiger partial charge >= 0.3 is 0 Å². The van der Waals surface area contributed by atoms with E-state index in [1.165, 1.54) is 6.08 Å². The summed E-state index contributed by atoms with van der Waals surface area (Å²) in [7, 11) is 0. The fraction of sp³-hybridized carbons (Fsp3) is 0.111. The second kappa shape index (κ2) is 5.85. The van der Waals surface area contributed by atoms with Crippen LogP contribution in [-0.4, -0.2) is 12.3 Å². The Hall–Kier alpha value is -2.88. The quantitative estimate of drug-likeness (QED) is 0.631. The molecule has 0 aliphatic carbocycles. The fourth-order valence-corrected chi connectivity index (χ4v) is 2.73. The summed E-state index contributed by atoms with van der Waals surface area (Å²) in [6.45, 7) is 4.54. The summed E-state index contributed by atoms with van der Waals surface area (Å²) >= 11 is 0. The number of fused-ring (bicyclic) bond motifs is 2. The van der Waals surface area contributed by atoms with Crippen molar-refractivity contribution in [3.05, 3.63) is 72.3 Å². The minimum Gasteiger partial charge on any atom is -0.309 e. The Labute approximate surface area is 129 Å². The van der Waals surface area contributed by atoms with Crippen molar-refractivity contribution in [2.24, 2.45) is 0 Å². The van der Waals surface area contributed by atoms with E-state index in [0.717, 1.165) is 23.2 Å². The van der Waals surface area contributed by atoms with Gasteiger partial charge in [-0.15, -0.1) is 0 Å². The summed E-state index contributed by atoms with van der Waals surface area (Å²) in [5, 5.41) is 0. The summed E-state index contributed by atoms with van der Waals surface area (Å²) in [6, 6.07) is 15.3. The van der Waals surface area contributed by atoms with Crippen LogP contribution in [0, 0.1) is 0 Å². The van der Waals surface area contributed by atoms with Gasteiger partial charge in [-0.2, -0.15) is 0 Å². The maximum absolute atomic E-state index is 12.3. The maximum atomic E-state index is 12.3. The van der Waals surface area contributed by atoms with Crippen molar-refractivity contribution < 1.29 is 9.59 Å². The molecule has 0 bridgehead atoms. The average molecular weight is 292 g/mol. The summed E-state index contributed by atoms with van der Waals surface area (Å²) in [4.78, 5) is 27.1. The van der Waals surface area contributed by atoms with Gasteiger partial charge in [-0.05, 0) is 29.3 Å². The Morgan fingerprint density at radius 3 is 2.18 bits per heavy atom. The molecule has 0 saturated heterocycles. The second-order valence-electron chi connectivity index (χ2n) is 5.12. The van der Waals surface area contributed by atoms with Crippen LogP contribution in [0.15, 0.2) is 61.2 Å². The summed E-state index contributed by atoms with van der Waals surface area (Å²) in [5.41, 5.74) is 3.50. The number of anilines is 2. The van der Waals surface area contributed by atoms with Gasteiger partial charge in [0.15, 0.2) is 0 Å². The van der Waals surface area contributed by atoms with E-state index in [9.17, 15) is 9.59 Å². The number of hydrogen-bond acceptors (Lipinski definition) is 2. The normalized spacial score (nSPS) is 13.5. The van der Waals surface area contributed by atoms with Crippen LogP contribution in [0.2, 0.25) is 0 Å². The number of hydrogen-bond donors (Lipinski definition) is 0. The lowest BCUT2D eigenvalue weighted by atomic mass is 10.0. The summed E-state index contributed by atoms with van der Waals surface area (Å²) < 4.78 is 0. The molecule has 0 atom stereocenters. The number of nitrogens with zero attached hydrogens (tertiary/aromatic N) is 2. The number of para-hydroxylation sites is 2. The predicted octanol–water partition coefficient (Wildman–Crippen LogP) is 2.88. The van der Waals surface area contributed by atoms with Crippen molar-refractivity contribution in [3.8, 4) is 0 Å². The Morgan fingerprint density at radius 2 is 1.55 bits per heavy atom. The third kappa shape index (κ3) is 2.39. The van der Waals surface area contributed by atoms with E-state index in [0.29, 0.717) is 18.8 Å². The van der Waals surface area contributed by atoms with E-state index >= 15 is 0 Å². The van der Waals surface area contributed by atoms with E-state index in [2.05, 4.69) is 6.58 Å². The number of amides is 2. The van der Waals surface area contributed by atoms with Gasteiger partial charge in [-0.3, -0.25) is 9.59 Å². The molecule has 4 heteroatoms. The average Bonchev–Trinajstić information content (AvgIpc) is 2.56. The molecule has 0 unspecified atom stereocenters. The Kier molecular flexibility index (Phi) is 3.74. The van der Waals surface area contributed by atoms with Crippen LogP contribution in [0.25, 0.3) is 0 Å². The molecule has 0 spiro atoms. The largest absolute Gasteiger partial charge is 0.309 e. The van der Waals surface area contributed by atoms with Gasteiger partial charge in [-0.1, -0.05) is 43.0 Å². The SMILES string of the molecule is C=CC(=O)N1Cc2ccccc2CN(C=O)c2ccccc21. The molecule has 2 aromatic rings. The van der Waals surface area contributed by atoms with Crippen LogP contribution >= 0.6 is 0 Å².